The van der Waals surface area contributed by atoms with E-state index in [2.05, 4.69) is 25.6 Å². The molecule has 0 unspecified atom stereocenters. The molecule has 2 aromatic carbocycles. The number of aliphatic carboxylic acids is 1. The van der Waals surface area contributed by atoms with Crippen molar-refractivity contribution in [1.82, 2.24) is 24.9 Å². The number of carboxylic acid groups (broad SMARTS) is 1. The van der Waals surface area contributed by atoms with E-state index in [4.69, 9.17) is 14.2 Å². The molecule has 4 aromatic rings. The van der Waals surface area contributed by atoms with E-state index in [1.54, 1.807) is 42.5 Å². The number of hydrogen-bond acceptors (Lipinski definition) is 10. The van der Waals surface area contributed by atoms with Crippen molar-refractivity contribution in [2.45, 2.75) is 32.4 Å². The summed E-state index contributed by atoms with van der Waals surface area (Å²) in [7, 11) is 0. The van der Waals surface area contributed by atoms with Crippen LogP contribution in [0.5, 0.6) is 17.4 Å². The van der Waals surface area contributed by atoms with Gasteiger partial charge >= 0.3 is 17.8 Å². The number of imidazole rings is 2. The van der Waals surface area contributed by atoms with E-state index in [1.165, 1.54) is 0 Å². The van der Waals surface area contributed by atoms with Crippen molar-refractivity contribution in [3.63, 3.8) is 0 Å². The summed E-state index contributed by atoms with van der Waals surface area (Å²) in [4.78, 5) is 59.4. The van der Waals surface area contributed by atoms with Crippen LogP contribution in [0, 0.1) is 0 Å². The summed E-state index contributed by atoms with van der Waals surface area (Å²) < 4.78 is 16.4. The highest BCUT2D eigenvalue weighted by Gasteiger charge is 2.29. The number of anilines is 1. The first kappa shape index (κ1) is 28.8. The lowest BCUT2D eigenvalue weighted by Crippen LogP contribution is -2.55. The normalized spacial score (nSPS) is 12.6. The van der Waals surface area contributed by atoms with E-state index >= 15 is 0 Å². The Labute approximate surface area is 243 Å². The van der Waals surface area contributed by atoms with Gasteiger partial charge in [-0.15, -0.1) is 0 Å². The van der Waals surface area contributed by atoms with Crippen LogP contribution < -0.4 is 30.8 Å². The number of alkyl carbamates (subject to hydrolysis) is 1. The summed E-state index contributed by atoms with van der Waals surface area (Å²) in [6, 6.07) is 10.7. The number of aromatic amines is 2. The van der Waals surface area contributed by atoms with E-state index in [9.17, 15) is 29.4 Å². The predicted octanol–water partition coefficient (Wildman–Crippen LogP) is 1.40. The number of H-pyrrole nitrogens is 2. The smallest absolute Gasteiger partial charge is 0.408 e. The first-order chi connectivity index (χ1) is 20.7. The fourth-order valence-corrected chi connectivity index (χ4v) is 4.43. The molecular weight excluding hydrogens is 566 g/mol. The third-order valence-electron chi connectivity index (χ3n) is 6.56. The van der Waals surface area contributed by atoms with Crippen LogP contribution in [0.4, 0.5) is 10.7 Å². The number of nitrogens with one attached hydrogen (secondary N) is 4. The molecule has 0 radical (unpaired) electrons. The molecule has 0 bridgehead atoms. The molecule has 1 aliphatic rings. The van der Waals surface area contributed by atoms with Crippen LogP contribution >= 0.6 is 0 Å². The second kappa shape index (κ2) is 12.5. The highest BCUT2D eigenvalue weighted by atomic mass is 16.7. The summed E-state index contributed by atoms with van der Waals surface area (Å²) >= 11 is 0. The number of aromatic nitrogens is 4. The average molecular weight is 596 g/mol. The Morgan fingerprint density at radius 2 is 1.91 bits per heavy atom. The molecule has 0 aliphatic carbocycles. The molecule has 2 amide bonds. The molecule has 1 aliphatic heterocycles. The van der Waals surface area contributed by atoms with Crippen molar-refractivity contribution in [3.05, 3.63) is 64.2 Å². The van der Waals surface area contributed by atoms with Crippen LogP contribution in [-0.4, -0.2) is 73.7 Å². The van der Waals surface area contributed by atoms with Gasteiger partial charge in [0.05, 0.1) is 23.3 Å². The molecule has 1 atom stereocenters. The van der Waals surface area contributed by atoms with Crippen LogP contribution in [0.2, 0.25) is 0 Å². The fraction of sp³-hybridized carbons (Fsp3) is 0.296. The average Bonchev–Trinajstić information content (AvgIpc) is 3.67. The Balaban J connectivity index is 1.19. The third-order valence-corrected chi connectivity index (χ3v) is 6.56. The van der Waals surface area contributed by atoms with Gasteiger partial charge in [-0.2, -0.15) is 4.68 Å². The van der Waals surface area contributed by atoms with Gasteiger partial charge in [0.25, 0.3) is 0 Å². The highest BCUT2D eigenvalue weighted by molar-refractivity contribution is 5.86. The van der Waals surface area contributed by atoms with Crippen LogP contribution in [0.25, 0.3) is 11.0 Å². The lowest BCUT2D eigenvalue weighted by atomic mass is 10.2. The van der Waals surface area contributed by atoms with E-state index in [0.29, 0.717) is 46.2 Å². The van der Waals surface area contributed by atoms with Gasteiger partial charge in [-0.1, -0.05) is 30.3 Å². The number of amides is 2. The standard InChI is InChI=1S/C27H29N7O9/c1-15(35)33(12-20(24(37)38)32-27(40)41-13-16-6-3-2-4-7-16)34-23(36)17(31-26(34)39)8-5-9-28-25-29-18-10-21-22(43-14-42-21)11-19(18)30-25/h2-4,6-7,10-11,20,36H,5,8-9,12-14H2,1H3,(H,31,39)(H,32,40)(H,37,38)(H2,28,29,30)/t20-/m0/s1. The van der Waals surface area contributed by atoms with Crippen molar-refractivity contribution >= 4 is 35.0 Å². The van der Waals surface area contributed by atoms with Gasteiger partial charge in [-0.25, -0.2) is 24.4 Å². The summed E-state index contributed by atoms with van der Waals surface area (Å²) in [5.41, 5.74) is 1.41. The maximum absolute atomic E-state index is 12.7. The Bertz CT molecular complexity index is 1660. The highest BCUT2D eigenvalue weighted by Crippen LogP contribution is 2.35. The Morgan fingerprint density at radius 3 is 2.63 bits per heavy atom. The molecule has 16 heteroatoms. The van der Waals surface area contributed by atoms with Gasteiger partial charge in [0.2, 0.25) is 24.5 Å². The minimum Gasteiger partial charge on any atom is -0.492 e. The molecule has 16 nitrogen and oxygen atoms in total. The maximum atomic E-state index is 12.7. The first-order valence-corrected chi connectivity index (χ1v) is 13.2. The number of benzene rings is 2. The number of fused-ring (bicyclic) bond motifs is 2. The van der Waals surface area contributed by atoms with Crippen molar-refractivity contribution in [2.75, 3.05) is 30.2 Å². The number of carbonyl (C=O) groups excluding carboxylic acids is 2. The van der Waals surface area contributed by atoms with Crippen molar-refractivity contribution in [1.29, 1.82) is 0 Å². The second-order valence-electron chi connectivity index (χ2n) is 9.58. The van der Waals surface area contributed by atoms with Gasteiger partial charge in [0, 0.05) is 25.6 Å². The number of aryl methyl sites for hydroxylation is 1. The summed E-state index contributed by atoms with van der Waals surface area (Å²) in [6.45, 7) is 0.895. The van der Waals surface area contributed by atoms with E-state index in [-0.39, 0.29) is 25.5 Å². The second-order valence-corrected chi connectivity index (χ2v) is 9.58. The van der Waals surface area contributed by atoms with Gasteiger partial charge in [0.1, 0.15) is 12.6 Å². The molecule has 3 heterocycles. The minimum atomic E-state index is -1.65. The van der Waals surface area contributed by atoms with E-state index in [1.807, 2.05) is 0 Å². The first-order valence-electron chi connectivity index (χ1n) is 13.2. The zero-order valence-electron chi connectivity index (χ0n) is 23.0. The molecule has 43 heavy (non-hydrogen) atoms. The van der Waals surface area contributed by atoms with Gasteiger partial charge in [0.15, 0.2) is 11.5 Å². The molecule has 6 N–H and O–H groups in total. The Kier molecular flexibility index (Phi) is 8.36. The van der Waals surface area contributed by atoms with Crippen LogP contribution in [0.1, 0.15) is 24.6 Å². The molecule has 226 valence electrons. The SMILES string of the molecule is CC(=O)N(C[C@H](NC(=O)OCc1ccccc1)C(=O)O)n1c(O)c(CCCNc2nc3cc4c(cc3[nH]2)OCO4)[nH]c1=O. The number of carbonyl (C=O) groups is 3. The quantitative estimate of drug-likeness (QED) is 0.129. The Morgan fingerprint density at radius 1 is 1.16 bits per heavy atom. The number of carboxylic acids is 1. The monoisotopic (exact) mass is 595 g/mol. The number of ether oxygens (including phenoxy) is 3. The summed E-state index contributed by atoms with van der Waals surface area (Å²) in [5, 5.41) is 26.5. The molecule has 5 rings (SSSR count). The van der Waals surface area contributed by atoms with Crippen LogP contribution in [-0.2, 0) is 27.4 Å². The van der Waals surface area contributed by atoms with Crippen molar-refractivity contribution in [3.8, 4) is 17.4 Å². The summed E-state index contributed by atoms with van der Waals surface area (Å²) in [6.07, 6.45) is -0.385. The largest absolute Gasteiger partial charge is 0.492 e. The molecule has 0 saturated heterocycles. The number of hydrogen-bond donors (Lipinski definition) is 6. The van der Waals surface area contributed by atoms with E-state index < -0.39 is 42.1 Å². The maximum Gasteiger partial charge on any atom is 0.408 e. The zero-order valence-corrected chi connectivity index (χ0v) is 23.0. The zero-order chi connectivity index (χ0) is 30.5. The predicted molar refractivity (Wildman–Crippen MR) is 151 cm³/mol. The molecule has 0 spiro atoms. The lowest BCUT2D eigenvalue weighted by Gasteiger charge is -2.25. The molecule has 2 aromatic heterocycles. The van der Waals surface area contributed by atoms with Crippen molar-refractivity contribution < 1.29 is 38.8 Å². The molecule has 0 fully saturated rings. The van der Waals surface area contributed by atoms with Crippen LogP contribution in [0.15, 0.2) is 47.3 Å². The molecular formula is C27H29N7O9. The Hall–Kier alpha value is -5.67. The van der Waals surface area contributed by atoms with E-state index in [0.717, 1.165) is 17.4 Å². The van der Waals surface area contributed by atoms with Gasteiger partial charge in [-0.3, -0.25) is 4.79 Å². The minimum absolute atomic E-state index is 0.103. The number of aromatic hydroxyl groups is 1. The third kappa shape index (κ3) is 6.64. The fourth-order valence-electron chi connectivity index (χ4n) is 4.43. The lowest BCUT2D eigenvalue weighted by molar-refractivity contribution is -0.139. The molecule has 0 saturated carbocycles. The topological polar surface area (TPSA) is 213 Å². The number of nitrogens with zero attached hydrogens (tertiary/aromatic N) is 3. The van der Waals surface area contributed by atoms with Gasteiger partial charge < -0.3 is 45.0 Å². The number of rotatable bonds is 12. The summed E-state index contributed by atoms with van der Waals surface area (Å²) in [5.74, 6) is -1.04. The van der Waals surface area contributed by atoms with Gasteiger partial charge in [-0.05, 0) is 18.4 Å². The van der Waals surface area contributed by atoms with Crippen molar-refractivity contribution in [2.24, 2.45) is 0 Å². The van der Waals surface area contributed by atoms with Crippen LogP contribution in [0.3, 0.4) is 0 Å².